The molecule has 0 saturated heterocycles. The number of hydrogen-bond donors (Lipinski definition) is 0. The Morgan fingerprint density at radius 1 is 1.27 bits per heavy atom. The molecule has 0 aliphatic carbocycles. The van der Waals surface area contributed by atoms with Gasteiger partial charge in [-0.1, -0.05) is 26.0 Å². The fraction of sp³-hybridized carbons (Fsp3) is 0.500. The van der Waals surface area contributed by atoms with Crippen LogP contribution in [0.1, 0.15) is 48.4 Å². The fourth-order valence-electron chi connectivity index (χ4n) is 1.77. The molecule has 1 nitrogen and oxygen atoms in total. The van der Waals surface area contributed by atoms with Gasteiger partial charge in [-0.3, -0.25) is 0 Å². The summed E-state index contributed by atoms with van der Waals surface area (Å²) in [5, 5.41) is 0. The first-order valence-electron chi connectivity index (χ1n) is 5.60. The highest BCUT2D eigenvalue weighted by Gasteiger charge is 2.06. The van der Waals surface area contributed by atoms with E-state index in [1.165, 1.54) is 22.3 Å². The van der Waals surface area contributed by atoms with Gasteiger partial charge in [-0.2, -0.15) is 0 Å². The van der Waals surface area contributed by atoms with Gasteiger partial charge in [0.25, 0.3) is 0 Å². The van der Waals surface area contributed by atoms with E-state index in [2.05, 4.69) is 39.8 Å². The smallest absolute Gasteiger partial charge is 0.120 e. The highest BCUT2D eigenvalue weighted by molar-refractivity contribution is 5.51. The van der Waals surface area contributed by atoms with Crippen molar-refractivity contribution in [3.63, 3.8) is 0 Å². The van der Waals surface area contributed by atoms with Gasteiger partial charge in [0.05, 0.1) is 0 Å². The Hall–Kier alpha value is -1.11. The van der Waals surface area contributed by atoms with Crippen molar-refractivity contribution in [2.75, 3.05) is 0 Å². The third-order valence-electron chi connectivity index (χ3n) is 3.00. The topological polar surface area (TPSA) is 17.1 Å². The molecule has 0 atom stereocenters. The molecule has 0 N–H and O–H groups in total. The van der Waals surface area contributed by atoms with E-state index >= 15 is 0 Å². The third-order valence-corrected chi connectivity index (χ3v) is 3.00. The highest BCUT2D eigenvalue weighted by Crippen LogP contribution is 2.22. The van der Waals surface area contributed by atoms with Crippen molar-refractivity contribution < 1.29 is 4.79 Å². The zero-order valence-corrected chi connectivity index (χ0v) is 10.1. The van der Waals surface area contributed by atoms with Gasteiger partial charge in [0.2, 0.25) is 0 Å². The van der Waals surface area contributed by atoms with Gasteiger partial charge < -0.3 is 4.79 Å². The molecular formula is C14H20O. The molecule has 0 aliphatic heterocycles. The van der Waals surface area contributed by atoms with Gasteiger partial charge in [0, 0.05) is 6.42 Å². The molecule has 82 valence electrons. The summed E-state index contributed by atoms with van der Waals surface area (Å²) in [6.45, 7) is 8.69. The second kappa shape index (κ2) is 5.11. The fourth-order valence-corrected chi connectivity index (χ4v) is 1.77. The van der Waals surface area contributed by atoms with E-state index in [9.17, 15) is 4.79 Å². The summed E-state index contributed by atoms with van der Waals surface area (Å²) in [7, 11) is 0. The number of benzene rings is 1. The van der Waals surface area contributed by atoms with Gasteiger partial charge in [-0.15, -0.1) is 0 Å². The number of carbonyl (C=O) groups is 1. The molecule has 1 heteroatoms. The second-order valence-corrected chi connectivity index (χ2v) is 4.48. The average Bonchev–Trinajstić information content (AvgIpc) is 2.19. The van der Waals surface area contributed by atoms with E-state index in [0.29, 0.717) is 12.3 Å². The van der Waals surface area contributed by atoms with Crippen molar-refractivity contribution >= 4 is 6.29 Å². The van der Waals surface area contributed by atoms with Crippen LogP contribution in [-0.4, -0.2) is 6.29 Å². The Bertz CT molecular complexity index is 351. The van der Waals surface area contributed by atoms with Crippen LogP contribution in [0, 0.1) is 13.8 Å². The minimum Gasteiger partial charge on any atom is -0.303 e. The maximum absolute atomic E-state index is 10.4. The molecule has 1 aromatic rings. The van der Waals surface area contributed by atoms with Crippen LogP contribution in [-0.2, 0) is 11.2 Å². The van der Waals surface area contributed by atoms with Gasteiger partial charge in [-0.05, 0) is 48.4 Å². The SMILES string of the molecule is Cc1cc(C(C)C)cc(CCC=O)c1C. The first-order chi connectivity index (χ1) is 7.06. The molecule has 0 spiro atoms. The van der Waals surface area contributed by atoms with Crippen molar-refractivity contribution in [3.8, 4) is 0 Å². The second-order valence-electron chi connectivity index (χ2n) is 4.48. The van der Waals surface area contributed by atoms with Crippen LogP contribution in [0.4, 0.5) is 0 Å². The average molecular weight is 204 g/mol. The maximum Gasteiger partial charge on any atom is 0.120 e. The van der Waals surface area contributed by atoms with Crippen molar-refractivity contribution in [3.05, 3.63) is 34.4 Å². The largest absolute Gasteiger partial charge is 0.303 e. The number of aryl methyl sites for hydroxylation is 2. The molecule has 0 radical (unpaired) electrons. The van der Waals surface area contributed by atoms with Crippen LogP contribution in [0.5, 0.6) is 0 Å². The minimum absolute atomic E-state index is 0.555. The summed E-state index contributed by atoms with van der Waals surface area (Å²) in [4.78, 5) is 10.4. The summed E-state index contributed by atoms with van der Waals surface area (Å²) < 4.78 is 0. The van der Waals surface area contributed by atoms with Crippen molar-refractivity contribution in [1.82, 2.24) is 0 Å². The first kappa shape index (κ1) is 12.0. The van der Waals surface area contributed by atoms with Gasteiger partial charge in [0.15, 0.2) is 0 Å². The maximum atomic E-state index is 10.4. The standard InChI is InChI=1S/C14H20O/c1-10(2)14-8-11(3)12(4)13(9-14)6-5-7-15/h7-10H,5-6H2,1-4H3. The van der Waals surface area contributed by atoms with Crippen LogP contribution in [0.15, 0.2) is 12.1 Å². The summed E-state index contributed by atoms with van der Waals surface area (Å²) >= 11 is 0. The van der Waals surface area contributed by atoms with Crippen LogP contribution >= 0.6 is 0 Å². The summed E-state index contributed by atoms with van der Waals surface area (Å²) in [5.41, 5.74) is 5.37. The molecule has 15 heavy (non-hydrogen) atoms. The molecule has 0 aliphatic rings. The Balaban J connectivity index is 3.07. The van der Waals surface area contributed by atoms with Gasteiger partial charge in [0.1, 0.15) is 6.29 Å². The molecule has 0 unspecified atom stereocenters. The lowest BCUT2D eigenvalue weighted by Crippen LogP contribution is -1.98. The molecule has 0 aromatic heterocycles. The predicted octanol–water partition coefficient (Wildman–Crippen LogP) is 3.56. The number of rotatable bonds is 4. The molecule has 0 heterocycles. The quantitative estimate of drug-likeness (QED) is 0.685. The summed E-state index contributed by atoms with van der Waals surface area (Å²) in [6.07, 6.45) is 2.50. The zero-order valence-electron chi connectivity index (χ0n) is 10.1. The van der Waals surface area contributed by atoms with Crippen LogP contribution in [0.2, 0.25) is 0 Å². The number of hydrogen-bond acceptors (Lipinski definition) is 1. The summed E-state index contributed by atoms with van der Waals surface area (Å²) in [5.74, 6) is 0.555. The molecule has 0 fully saturated rings. The van der Waals surface area contributed by atoms with Crippen LogP contribution in [0.3, 0.4) is 0 Å². The monoisotopic (exact) mass is 204 g/mol. The Labute approximate surface area is 92.5 Å². The normalized spacial score (nSPS) is 10.7. The first-order valence-corrected chi connectivity index (χ1v) is 5.60. The van der Waals surface area contributed by atoms with E-state index in [1.54, 1.807) is 0 Å². The molecule has 0 bridgehead atoms. The number of aldehydes is 1. The van der Waals surface area contributed by atoms with E-state index in [1.807, 2.05) is 0 Å². The van der Waals surface area contributed by atoms with Crippen molar-refractivity contribution in [2.45, 2.75) is 46.5 Å². The molecule has 0 saturated carbocycles. The Kier molecular flexibility index (Phi) is 4.07. The lowest BCUT2D eigenvalue weighted by Gasteiger charge is -2.13. The van der Waals surface area contributed by atoms with Gasteiger partial charge >= 0.3 is 0 Å². The third kappa shape index (κ3) is 2.92. The lowest BCUT2D eigenvalue weighted by atomic mass is 9.92. The zero-order chi connectivity index (χ0) is 11.4. The van der Waals surface area contributed by atoms with Crippen LogP contribution < -0.4 is 0 Å². The molecule has 1 aromatic carbocycles. The summed E-state index contributed by atoms with van der Waals surface area (Å²) in [6, 6.07) is 4.50. The van der Waals surface area contributed by atoms with Gasteiger partial charge in [-0.25, -0.2) is 0 Å². The lowest BCUT2D eigenvalue weighted by molar-refractivity contribution is -0.107. The van der Waals surface area contributed by atoms with Crippen LogP contribution in [0.25, 0.3) is 0 Å². The number of carbonyl (C=O) groups excluding carboxylic acids is 1. The Morgan fingerprint density at radius 2 is 1.93 bits per heavy atom. The predicted molar refractivity (Wildman–Crippen MR) is 64.4 cm³/mol. The van der Waals surface area contributed by atoms with Crippen molar-refractivity contribution in [1.29, 1.82) is 0 Å². The molecule has 1 rings (SSSR count). The molecular weight excluding hydrogens is 184 g/mol. The van der Waals surface area contributed by atoms with Crippen molar-refractivity contribution in [2.24, 2.45) is 0 Å². The highest BCUT2D eigenvalue weighted by atomic mass is 16.1. The van der Waals surface area contributed by atoms with E-state index in [4.69, 9.17) is 0 Å². The van der Waals surface area contributed by atoms with E-state index < -0.39 is 0 Å². The van der Waals surface area contributed by atoms with E-state index in [0.717, 1.165) is 12.7 Å². The minimum atomic E-state index is 0.555. The van der Waals surface area contributed by atoms with E-state index in [-0.39, 0.29) is 0 Å². The Morgan fingerprint density at radius 3 is 2.47 bits per heavy atom. The molecule has 0 amide bonds.